The van der Waals surface area contributed by atoms with Crippen LogP contribution in [0.2, 0.25) is 0 Å². The van der Waals surface area contributed by atoms with Crippen molar-refractivity contribution in [3.63, 3.8) is 0 Å². The van der Waals surface area contributed by atoms with Gasteiger partial charge in [-0.15, -0.1) is 13.2 Å². The molecule has 1 aromatic carbocycles. The second-order valence-corrected chi connectivity index (χ2v) is 3.20. The minimum atomic E-state index is -4.74. The first-order chi connectivity index (χ1) is 7.44. The molecule has 6 heteroatoms. The third-order valence-corrected chi connectivity index (χ3v) is 1.98. The van der Waals surface area contributed by atoms with E-state index in [-0.39, 0.29) is 24.3 Å². The Kier molecular flexibility index (Phi) is 4.14. The molecule has 0 heterocycles. The molecule has 0 aliphatic heterocycles. The Hall–Kier alpha value is -1.27. The number of aliphatic hydroxyl groups excluding tert-OH is 1. The van der Waals surface area contributed by atoms with Gasteiger partial charge >= 0.3 is 6.36 Å². The van der Waals surface area contributed by atoms with Gasteiger partial charge in [0.25, 0.3) is 0 Å². The van der Waals surface area contributed by atoms with Crippen LogP contribution < -0.4 is 10.5 Å². The van der Waals surface area contributed by atoms with Crippen LogP contribution in [-0.4, -0.2) is 18.1 Å². The minimum Gasteiger partial charge on any atom is -0.405 e. The molecule has 0 aromatic heterocycles. The predicted octanol–water partition coefficient (Wildman–Crippen LogP) is 1.97. The van der Waals surface area contributed by atoms with Crippen LogP contribution in [-0.2, 0) is 0 Å². The standard InChI is InChI=1S/C10H12F3NO2/c11-10(12,13)16-9-4-2-1-3-7(9)8(14)5-6-15/h1-4,8,15H,5-6,14H2. The number of hydrogen-bond donors (Lipinski definition) is 2. The first-order valence-electron chi connectivity index (χ1n) is 4.65. The highest BCUT2D eigenvalue weighted by molar-refractivity contribution is 5.35. The zero-order chi connectivity index (χ0) is 12.2. The summed E-state index contributed by atoms with van der Waals surface area (Å²) in [5.74, 6) is -0.323. The Balaban J connectivity index is 2.91. The molecule has 3 N–H and O–H groups in total. The summed E-state index contributed by atoms with van der Waals surface area (Å²) in [7, 11) is 0. The highest BCUT2D eigenvalue weighted by Gasteiger charge is 2.32. The molecule has 0 fully saturated rings. The topological polar surface area (TPSA) is 55.5 Å². The average Bonchev–Trinajstić information content (AvgIpc) is 2.16. The minimum absolute atomic E-state index is 0.179. The van der Waals surface area contributed by atoms with Gasteiger partial charge in [0.05, 0.1) is 0 Å². The van der Waals surface area contributed by atoms with Crippen LogP contribution in [0.15, 0.2) is 24.3 Å². The van der Waals surface area contributed by atoms with Gasteiger partial charge < -0.3 is 15.6 Å². The summed E-state index contributed by atoms with van der Waals surface area (Å²) in [5.41, 5.74) is 5.85. The number of hydrogen-bond acceptors (Lipinski definition) is 3. The van der Waals surface area contributed by atoms with Crippen LogP contribution in [0, 0.1) is 0 Å². The van der Waals surface area contributed by atoms with Crippen LogP contribution >= 0.6 is 0 Å². The van der Waals surface area contributed by atoms with Gasteiger partial charge in [0, 0.05) is 18.2 Å². The van der Waals surface area contributed by atoms with E-state index < -0.39 is 12.4 Å². The molecular weight excluding hydrogens is 223 g/mol. The number of halogens is 3. The van der Waals surface area contributed by atoms with Crippen LogP contribution in [0.1, 0.15) is 18.0 Å². The molecule has 1 aromatic rings. The van der Waals surface area contributed by atoms with Crippen molar-refractivity contribution in [2.45, 2.75) is 18.8 Å². The number of ether oxygens (including phenoxy) is 1. The summed E-state index contributed by atoms with van der Waals surface area (Å²) >= 11 is 0. The van der Waals surface area contributed by atoms with Gasteiger partial charge in [-0.25, -0.2) is 0 Å². The van der Waals surface area contributed by atoms with Gasteiger partial charge in [-0.3, -0.25) is 0 Å². The number of alkyl halides is 3. The fourth-order valence-corrected chi connectivity index (χ4v) is 1.30. The van der Waals surface area contributed by atoms with Gasteiger partial charge in [0.15, 0.2) is 0 Å². The molecule has 1 atom stereocenters. The Morgan fingerprint density at radius 2 is 1.94 bits per heavy atom. The van der Waals surface area contributed by atoms with Crippen molar-refractivity contribution in [3.8, 4) is 5.75 Å². The molecule has 0 aliphatic carbocycles. The van der Waals surface area contributed by atoms with E-state index in [2.05, 4.69) is 4.74 Å². The van der Waals surface area contributed by atoms with Crippen molar-refractivity contribution in [2.24, 2.45) is 5.73 Å². The summed E-state index contributed by atoms with van der Waals surface area (Å²) in [6, 6.07) is 4.96. The van der Waals surface area contributed by atoms with E-state index >= 15 is 0 Å². The number of para-hydroxylation sites is 1. The van der Waals surface area contributed by atoms with Crippen molar-refractivity contribution in [1.29, 1.82) is 0 Å². The third-order valence-electron chi connectivity index (χ3n) is 1.98. The third kappa shape index (κ3) is 3.71. The SMILES string of the molecule is NC(CCO)c1ccccc1OC(F)(F)F. The molecule has 16 heavy (non-hydrogen) atoms. The lowest BCUT2D eigenvalue weighted by Gasteiger charge is -2.17. The maximum atomic E-state index is 12.1. The second-order valence-electron chi connectivity index (χ2n) is 3.20. The van der Waals surface area contributed by atoms with Crippen molar-refractivity contribution in [3.05, 3.63) is 29.8 Å². The summed E-state index contributed by atoms with van der Waals surface area (Å²) in [6.45, 7) is -0.193. The lowest BCUT2D eigenvalue weighted by molar-refractivity contribution is -0.275. The molecule has 0 spiro atoms. The average molecular weight is 235 g/mol. The largest absolute Gasteiger partial charge is 0.573 e. The van der Waals surface area contributed by atoms with E-state index in [1.807, 2.05) is 0 Å². The van der Waals surface area contributed by atoms with E-state index in [1.165, 1.54) is 18.2 Å². The van der Waals surface area contributed by atoms with Gasteiger partial charge in [-0.05, 0) is 12.5 Å². The van der Waals surface area contributed by atoms with E-state index in [4.69, 9.17) is 10.8 Å². The van der Waals surface area contributed by atoms with E-state index in [1.54, 1.807) is 6.07 Å². The lowest BCUT2D eigenvalue weighted by Crippen LogP contribution is -2.20. The molecule has 0 saturated heterocycles. The van der Waals surface area contributed by atoms with Gasteiger partial charge in [0.2, 0.25) is 0 Å². The molecule has 1 unspecified atom stereocenters. The lowest BCUT2D eigenvalue weighted by atomic mass is 10.0. The highest BCUT2D eigenvalue weighted by Crippen LogP contribution is 2.30. The highest BCUT2D eigenvalue weighted by atomic mass is 19.4. The zero-order valence-corrected chi connectivity index (χ0v) is 8.37. The summed E-state index contributed by atoms with van der Waals surface area (Å²) in [6.07, 6.45) is -4.56. The van der Waals surface area contributed by atoms with Crippen molar-refractivity contribution in [1.82, 2.24) is 0 Å². The fraction of sp³-hybridized carbons (Fsp3) is 0.400. The summed E-state index contributed by atoms with van der Waals surface area (Å²) in [4.78, 5) is 0. The monoisotopic (exact) mass is 235 g/mol. The normalized spacial score (nSPS) is 13.6. The zero-order valence-electron chi connectivity index (χ0n) is 8.37. The number of nitrogens with two attached hydrogens (primary N) is 1. The molecule has 0 amide bonds. The number of aliphatic hydroxyl groups is 1. The van der Waals surface area contributed by atoms with Crippen molar-refractivity contribution >= 4 is 0 Å². The van der Waals surface area contributed by atoms with Gasteiger partial charge in [-0.2, -0.15) is 0 Å². The summed E-state index contributed by atoms with van der Waals surface area (Å²) in [5, 5.41) is 8.68. The van der Waals surface area contributed by atoms with Crippen molar-refractivity contribution < 1.29 is 23.0 Å². The van der Waals surface area contributed by atoms with E-state index in [0.29, 0.717) is 0 Å². The maximum Gasteiger partial charge on any atom is 0.573 e. The fourth-order valence-electron chi connectivity index (χ4n) is 1.30. The van der Waals surface area contributed by atoms with E-state index in [0.717, 1.165) is 0 Å². The summed E-state index contributed by atoms with van der Waals surface area (Å²) < 4.78 is 40.0. The predicted molar refractivity (Wildman–Crippen MR) is 51.8 cm³/mol. The Morgan fingerprint density at radius 3 is 2.50 bits per heavy atom. The molecular formula is C10H12F3NO2. The van der Waals surface area contributed by atoms with Crippen LogP contribution in [0.4, 0.5) is 13.2 Å². The quantitative estimate of drug-likeness (QED) is 0.838. The molecule has 0 radical (unpaired) electrons. The van der Waals surface area contributed by atoms with Crippen LogP contribution in [0.25, 0.3) is 0 Å². The smallest absolute Gasteiger partial charge is 0.405 e. The number of benzene rings is 1. The van der Waals surface area contributed by atoms with Crippen LogP contribution in [0.3, 0.4) is 0 Å². The molecule has 0 aliphatic rings. The molecule has 1 rings (SSSR count). The van der Waals surface area contributed by atoms with E-state index in [9.17, 15) is 13.2 Å². The van der Waals surface area contributed by atoms with Crippen molar-refractivity contribution in [2.75, 3.05) is 6.61 Å². The molecule has 3 nitrogen and oxygen atoms in total. The molecule has 0 bridgehead atoms. The van der Waals surface area contributed by atoms with Crippen LogP contribution in [0.5, 0.6) is 5.75 Å². The Bertz CT molecular complexity index is 341. The Labute approximate surface area is 90.6 Å². The molecule has 90 valence electrons. The van der Waals surface area contributed by atoms with Gasteiger partial charge in [-0.1, -0.05) is 18.2 Å². The first-order valence-corrected chi connectivity index (χ1v) is 4.65. The molecule has 0 saturated carbocycles. The Morgan fingerprint density at radius 1 is 1.31 bits per heavy atom. The first kappa shape index (κ1) is 12.8. The number of rotatable bonds is 4. The maximum absolute atomic E-state index is 12.1. The van der Waals surface area contributed by atoms with Gasteiger partial charge in [0.1, 0.15) is 5.75 Å². The second kappa shape index (κ2) is 5.18.